The molecule has 0 bridgehead atoms. The smallest absolute Gasteiger partial charge is 0.141 e. The Bertz CT molecular complexity index is 668. The molecule has 0 heterocycles. The first kappa shape index (κ1) is 15.4. The Kier molecular flexibility index (Phi) is 4.86. The zero-order valence-corrected chi connectivity index (χ0v) is 12.8. The number of phenolic OH excluding ortho intramolecular Hbond substituents is 2. The van der Waals surface area contributed by atoms with E-state index in [9.17, 15) is 10.2 Å². The molecule has 4 heteroatoms. The number of phenols is 2. The number of rotatable bonds is 4. The Balaban J connectivity index is 2.34. The van der Waals surface area contributed by atoms with E-state index in [4.69, 9.17) is 11.6 Å². The molecule has 2 aromatic rings. The fourth-order valence-electron chi connectivity index (χ4n) is 1.95. The van der Waals surface area contributed by atoms with Gasteiger partial charge in [-0.2, -0.15) is 0 Å². The summed E-state index contributed by atoms with van der Waals surface area (Å²) in [7, 11) is 0. The first-order valence-corrected chi connectivity index (χ1v) is 7.24. The maximum absolute atomic E-state index is 9.89. The number of hydrogen-bond acceptors (Lipinski definition) is 3. The molecule has 21 heavy (non-hydrogen) atoms. The molecule has 3 nitrogen and oxygen atoms in total. The topological polar surface area (TPSA) is 52.8 Å². The molecule has 0 aliphatic carbocycles. The van der Waals surface area contributed by atoms with Crippen LogP contribution >= 0.6 is 11.6 Å². The maximum Gasteiger partial charge on any atom is 0.141 e. The molecule has 2 N–H and O–H groups in total. The highest BCUT2D eigenvalue weighted by Gasteiger charge is 2.07. The fraction of sp³-hybridized carbons (Fsp3) is 0.235. The van der Waals surface area contributed by atoms with Crippen LogP contribution in [0, 0.1) is 0 Å². The van der Waals surface area contributed by atoms with Crippen LogP contribution in [0.3, 0.4) is 0 Å². The number of nitrogens with zero attached hydrogens (tertiary/aromatic N) is 1. The van der Waals surface area contributed by atoms with Crippen LogP contribution in [-0.2, 0) is 0 Å². The predicted octanol–water partition coefficient (Wildman–Crippen LogP) is 5.02. The molecule has 110 valence electrons. The summed E-state index contributed by atoms with van der Waals surface area (Å²) < 4.78 is 0. The largest absolute Gasteiger partial charge is 0.507 e. The van der Waals surface area contributed by atoms with Gasteiger partial charge in [0.15, 0.2) is 0 Å². The number of benzene rings is 2. The van der Waals surface area contributed by atoms with Crippen molar-refractivity contribution in [3.8, 4) is 11.5 Å². The summed E-state index contributed by atoms with van der Waals surface area (Å²) in [4.78, 5) is 4.26. The van der Waals surface area contributed by atoms with E-state index in [0.717, 1.165) is 12.0 Å². The summed E-state index contributed by atoms with van der Waals surface area (Å²) in [6.45, 7) is 4.24. The highest BCUT2D eigenvalue weighted by atomic mass is 35.5. The van der Waals surface area contributed by atoms with Gasteiger partial charge in [0.25, 0.3) is 0 Å². The van der Waals surface area contributed by atoms with Gasteiger partial charge in [0.2, 0.25) is 0 Å². The van der Waals surface area contributed by atoms with Crippen LogP contribution in [0.2, 0.25) is 5.02 Å². The molecule has 0 fully saturated rings. The van der Waals surface area contributed by atoms with Crippen molar-refractivity contribution in [3.63, 3.8) is 0 Å². The van der Waals surface area contributed by atoms with Crippen LogP contribution < -0.4 is 0 Å². The first-order chi connectivity index (χ1) is 10.0. The SMILES string of the molecule is CC[C@@H](C)c1ccc(O)c(N=Cc2cc(Cl)ccc2O)c1. The van der Waals surface area contributed by atoms with Gasteiger partial charge in [0.05, 0.1) is 0 Å². The zero-order valence-electron chi connectivity index (χ0n) is 12.0. The van der Waals surface area contributed by atoms with Crippen LogP contribution in [0.25, 0.3) is 0 Å². The van der Waals surface area contributed by atoms with Gasteiger partial charge >= 0.3 is 0 Å². The van der Waals surface area contributed by atoms with Gasteiger partial charge in [0, 0.05) is 16.8 Å². The third-order valence-electron chi connectivity index (χ3n) is 3.51. The lowest BCUT2D eigenvalue weighted by molar-refractivity contribution is 0.474. The molecular weight excluding hydrogens is 286 g/mol. The fourth-order valence-corrected chi connectivity index (χ4v) is 2.13. The van der Waals surface area contributed by atoms with Gasteiger partial charge in [-0.1, -0.05) is 31.5 Å². The van der Waals surface area contributed by atoms with Gasteiger partial charge in [0.1, 0.15) is 17.2 Å². The second kappa shape index (κ2) is 6.64. The van der Waals surface area contributed by atoms with E-state index < -0.39 is 0 Å². The third-order valence-corrected chi connectivity index (χ3v) is 3.75. The van der Waals surface area contributed by atoms with E-state index in [0.29, 0.717) is 22.2 Å². The van der Waals surface area contributed by atoms with E-state index >= 15 is 0 Å². The van der Waals surface area contributed by atoms with E-state index in [1.165, 1.54) is 12.3 Å². The Hall–Kier alpha value is -2.00. The van der Waals surface area contributed by atoms with Gasteiger partial charge < -0.3 is 10.2 Å². The second-order valence-corrected chi connectivity index (χ2v) is 5.46. The summed E-state index contributed by atoms with van der Waals surface area (Å²) in [5.74, 6) is 0.611. The molecule has 0 spiro atoms. The van der Waals surface area contributed by atoms with Gasteiger partial charge in [-0.25, -0.2) is 0 Å². The van der Waals surface area contributed by atoms with Crippen molar-refractivity contribution >= 4 is 23.5 Å². The van der Waals surface area contributed by atoms with Crippen LogP contribution in [0.15, 0.2) is 41.4 Å². The lowest BCUT2D eigenvalue weighted by Crippen LogP contribution is -1.90. The second-order valence-electron chi connectivity index (χ2n) is 5.02. The van der Waals surface area contributed by atoms with Crippen molar-refractivity contribution < 1.29 is 10.2 Å². The summed E-state index contributed by atoms with van der Waals surface area (Å²) >= 11 is 5.89. The standard InChI is InChI=1S/C17H18ClNO2/c1-3-11(2)12-4-6-17(21)15(9-12)19-10-13-8-14(18)5-7-16(13)20/h4-11,20-21H,3H2,1-2H3/t11-/m1/s1. The number of halogens is 1. The molecule has 2 rings (SSSR count). The third kappa shape index (κ3) is 3.76. The molecule has 1 atom stereocenters. The van der Waals surface area contributed by atoms with Crippen molar-refractivity contribution in [1.29, 1.82) is 0 Å². The minimum Gasteiger partial charge on any atom is -0.507 e. The zero-order chi connectivity index (χ0) is 15.4. The predicted molar refractivity (Wildman–Crippen MR) is 87.2 cm³/mol. The average molecular weight is 304 g/mol. The Labute approximate surface area is 129 Å². The van der Waals surface area contributed by atoms with Crippen molar-refractivity contribution in [2.24, 2.45) is 4.99 Å². The molecule has 0 unspecified atom stereocenters. The molecule has 0 aliphatic rings. The molecule has 0 amide bonds. The van der Waals surface area contributed by atoms with Crippen molar-refractivity contribution in [3.05, 3.63) is 52.5 Å². The molecular formula is C17H18ClNO2. The van der Waals surface area contributed by atoms with Crippen molar-refractivity contribution in [1.82, 2.24) is 0 Å². The van der Waals surface area contributed by atoms with E-state index in [1.54, 1.807) is 18.2 Å². The van der Waals surface area contributed by atoms with Crippen LogP contribution in [0.4, 0.5) is 5.69 Å². The summed E-state index contributed by atoms with van der Waals surface area (Å²) in [5, 5.41) is 20.2. The normalized spacial score (nSPS) is 12.7. The minimum atomic E-state index is 0.0979. The average Bonchev–Trinajstić information content (AvgIpc) is 2.48. The first-order valence-electron chi connectivity index (χ1n) is 6.86. The van der Waals surface area contributed by atoms with Crippen molar-refractivity contribution in [2.75, 3.05) is 0 Å². The number of hydrogen-bond donors (Lipinski definition) is 2. The number of aromatic hydroxyl groups is 2. The minimum absolute atomic E-state index is 0.0979. The molecule has 2 aromatic carbocycles. The summed E-state index contributed by atoms with van der Waals surface area (Å²) in [6.07, 6.45) is 2.51. The Morgan fingerprint density at radius 1 is 1.14 bits per heavy atom. The lowest BCUT2D eigenvalue weighted by Gasteiger charge is -2.10. The Morgan fingerprint density at radius 3 is 2.57 bits per heavy atom. The molecule has 0 aromatic heterocycles. The van der Waals surface area contributed by atoms with Gasteiger partial charge in [-0.3, -0.25) is 4.99 Å². The molecule has 0 saturated heterocycles. The molecule has 0 radical (unpaired) electrons. The van der Waals surface area contributed by atoms with Crippen molar-refractivity contribution in [2.45, 2.75) is 26.2 Å². The highest BCUT2D eigenvalue weighted by molar-refractivity contribution is 6.30. The van der Waals surface area contributed by atoms with Gasteiger partial charge in [-0.05, 0) is 48.2 Å². The summed E-state index contributed by atoms with van der Waals surface area (Å²) in [5.41, 5.74) is 2.11. The quantitative estimate of drug-likeness (QED) is 0.780. The van der Waals surface area contributed by atoms with E-state index in [-0.39, 0.29) is 11.5 Å². The lowest BCUT2D eigenvalue weighted by atomic mass is 9.98. The Morgan fingerprint density at radius 2 is 1.86 bits per heavy atom. The highest BCUT2D eigenvalue weighted by Crippen LogP contribution is 2.31. The van der Waals surface area contributed by atoms with Crippen LogP contribution in [0.1, 0.15) is 37.3 Å². The van der Waals surface area contributed by atoms with Crippen LogP contribution in [-0.4, -0.2) is 16.4 Å². The maximum atomic E-state index is 9.89. The molecule has 0 aliphatic heterocycles. The van der Waals surface area contributed by atoms with Gasteiger partial charge in [-0.15, -0.1) is 0 Å². The monoisotopic (exact) mass is 303 g/mol. The molecule has 0 saturated carbocycles. The summed E-state index contributed by atoms with van der Waals surface area (Å²) in [6, 6.07) is 10.2. The van der Waals surface area contributed by atoms with E-state index in [2.05, 4.69) is 18.8 Å². The van der Waals surface area contributed by atoms with E-state index in [1.807, 2.05) is 12.1 Å². The van der Waals surface area contributed by atoms with Crippen LogP contribution in [0.5, 0.6) is 11.5 Å². The number of aliphatic imine (C=N–C) groups is 1.